The van der Waals surface area contributed by atoms with Gasteiger partial charge in [-0.05, 0) is 17.7 Å². The zero-order valence-corrected chi connectivity index (χ0v) is 13.6. The Balaban J connectivity index is 2.48. The molecule has 1 aromatic rings. The first kappa shape index (κ1) is 19.0. The molecule has 0 atom stereocenters. The summed E-state index contributed by atoms with van der Waals surface area (Å²) < 4.78 is 32.0. The predicted molar refractivity (Wildman–Crippen MR) is 80.5 cm³/mol. The lowest BCUT2D eigenvalue weighted by Crippen LogP contribution is -2.43. The Kier molecular flexibility index (Phi) is 7.10. The molecule has 0 saturated carbocycles. The average molecular weight is 345 g/mol. The van der Waals surface area contributed by atoms with Crippen LogP contribution in [0.4, 0.5) is 0 Å². The van der Waals surface area contributed by atoms with Gasteiger partial charge in [-0.25, -0.2) is 13.6 Å². The van der Waals surface area contributed by atoms with Crippen molar-refractivity contribution in [2.75, 3.05) is 20.8 Å². The summed E-state index contributed by atoms with van der Waals surface area (Å²) in [4.78, 5) is 23.1. The fourth-order valence-corrected chi connectivity index (χ4v) is 2.09. The summed E-state index contributed by atoms with van der Waals surface area (Å²) in [5, 5.41) is 9.73. The Bertz CT molecular complexity index is 640. The standard InChI is InChI=1S/C13H19N3O6S/c1-21-11(22-2)8-16-13(18)12(17)15-7-9-3-5-10(6-4-9)23(14,19)20/h3-6,11H,7-8H2,1-2H3,(H,15,17)(H,16,18)(H2,14,19,20). The molecule has 0 aliphatic heterocycles. The molecular formula is C13H19N3O6S. The highest BCUT2D eigenvalue weighted by atomic mass is 32.2. The third-order valence-electron chi connectivity index (χ3n) is 2.87. The van der Waals surface area contributed by atoms with Crippen molar-refractivity contribution in [3.63, 3.8) is 0 Å². The van der Waals surface area contributed by atoms with Crippen LogP contribution in [0, 0.1) is 0 Å². The van der Waals surface area contributed by atoms with Crippen LogP contribution in [0.25, 0.3) is 0 Å². The van der Waals surface area contributed by atoms with Crippen molar-refractivity contribution in [2.45, 2.75) is 17.7 Å². The summed E-state index contributed by atoms with van der Waals surface area (Å²) in [5.74, 6) is -1.66. The van der Waals surface area contributed by atoms with E-state index in [1.807, 2.05) is 0 Å². The van der Waals surface area contributed by atoms with Crippen molar-refractivity contribution in [3.05, 3.63) is 29.8 Å². The van der Waals surface area contributed by atoms with Crippen LogP contribution in [-0.2, 0) is 35.6 Å². The van der Waals surface area contributed by atoms with E-state index < -0.39 is 28.1 Å². The molecule has 2 amide bonds. The number of primary sulfonamides is 1. The van der Waals surface area contributed by atoms with Gasteiger partial charge in [0, 0.05) is 20.8 Å². The van der Waals surface area contributed by atoms with Crippen LogP contribution in [0.15, 0.2) is 29.2 Å². The van der Waals surface area contributed by atoms with E-state index in [0.717, 1.165) is 0 Å². The second-order valence-electron chi connectivity index (χ2n) is 4.48. The van der Waals surface area contributed by atoms with Crippen molar-refractivity contribution in [1.29, 1.82) is 0 Å². The van der Waals surface area contributed by atoms with E-state index in [0.29, 0.717) is 5.56 Å². The molecule has 0 spiro atoms. The van der Waals surface area contributed by atoms with E-state index >= 15 is 0 Å². The number of sulfonamides is 1. The number of rotatable bonds is 7. The van der Waals surface area contributed by atoms with Crippen molar-refractivity contribution in [2.24, 2.45) is 5.14 Å². The molecule has 4 N–H and O–H groups in total. The number of nitrogens with two attached hydrogens (primary N) is 1. The number of hydrogen-bond donors (Lipinski definition) is 3. The summed E-state index contributed by atoms with van der Waals surface area (Å²) in [6, 6.07) is 5.62. The average Bonchev–Trinajstić information content (AvgIpc) is 2.52. The van der Waals surface area contributed by atoms with Crippen molar-refractivity contribution in [3.8, 4) is 0 Å². The molecule has 1 rings (SSSR count). The number of methoxy groups -OCH3 is 2. The summed E-state index contributed by atoms with van der Waals surface area (Å²) in [6.07, 6.45) is -0.641. The number of nitrogens with one attached hydrogen (secondary N) is 2. The molecule has 0 fully saturated rings. The number of carbonyl (C=O) groups excluding carboxylic acids is 2. The van der Waals surface area contributed by atoms with Gasteiger partial charge in [-0.2, -0.15) is 0 Å². The fourth-order valence-electron chi connectivity index (χ4n) is 1.58. The number of benzene rings is 1. The molecule has 0 aliphatic rings. The highest BCUT2D eigenvalue weighted by Gasteiger charge is 2.15. The van der Waals surface area contributed by atoms with Crippen molar-refractivity contribution < 1.29 is 27.5 Å². The molecule has 9 nitrogen and oxygen atoms in total. The lowest BCUT2D eigenvalue weighted by molar-refractivity contribution is -0.141. The molecule has 0 heterocycles. The molecule has 128 valence electrons. The minimum atomic E-state index is -3.76. The zero-order chi connectivity index (χ0) is 17.5. The summed E-state index contributed by atoms with van der Waals surface area (Å²) in [6.45, 7) is 0.0947. The largest absolute Gasteiger partial charge is 0.354 e. The van der Waals surface area contributed by atoms with Gasteiger partial charge in [0.2, 0.25) is 10.0 Å². The van der Waals surface area contributed by atoms with Crippen molar-refractivity contribution in [1.82, 2.24) is 10.6 Å². The van der Waals surface area contributed by atoms with Crippen LogP contribution in [0.3, 0.4) is 0 Å². The van der Waals surface area contributed by atoms with Gasteiger partial charge in [-0.15, -0.1) is 0 Å². The summed E-state index contributed by atoms with van der Waals surface area (Å²) in [5.41, 5.74) is 0.616. The van der Waals surface area contributed by atoms with E-state index in [2.05, 4.69) is 10.6 Å². The van der Waals surface area contributed by atoms with E-state index in [9.17, 15) is 18.0 Å². The third-order valence-corrected chi connectivity index (χ3v) is 3.80. The molecule has 0 aliphatic carbocycles. The maximum Gasteiger partial charge on any atom is 0.309 e. The Labute approximate surface area is 134 Å². The SMILES string of the molecule is COC(CNC(=O)C(=O)NCc1ccc(S(N)(=O)=O)cc1)OC. The van der Waals surface area contributed by atoms with Gasteiger partial charge in [0.25, 0.3) is 0 Å². The smallest absolute Gasteiger partial charge is 0.309 e. The molecule has 23 heavy (non-hydrogen) atoms. The van der Waals surface area contributed by atoms with Gasteiger partial charge in [0.15, 0.2) is 6.29 Å². The van der Waals surface area contributed by atoms with Gasteiger partial charge >= 0.3 is 11.8 Å². The summed E-state index contributed by atoms with van der Waals surface area (Å²) in [7, 11) is -0.943. The predicted octanol–water partition coefficient (Wildman–Crippen LogP) is -1.31. The Morgan fingerprint density at radius 3 is 2.09 bits per heavy atom. The summed E-state index contributed by atoms with van der Waals surface area (Å²) >= 11 is 0. The molecule has 0 unspecified atom stereocenters. The minimum absolute atomic E-state index is 0.0301. The van der Waals surface area contributed by atoms with E-state index in [1.165, 1.54) is 38.5 Å². The fraction of sp³-hybridized carbons (Fsp3) is 0.385. The molecule has 0 bridgehead atoms. The Morgan fingerprint density at radius 1 is 1.09 bits per heavy atom. The van der Waals surface area contributed by atoms with Gasteiger partial charge in [-0.1, -0.05) is 12.1 Å². The number of ether oxygens (including phenoxy) is 2. The maximum atomic E-state index is 11.6. The Hall–Kier alpha value is -2.01. The lowest BCUT2D eigenvalue weighted by Gasteiger charge is -2.13. The molecule has 1 aromatic carbocycles. The number of amides is 2. The Morgan fingerprint density at radius 2 is 1.61 bits per heavy atom. The molecule has 0 aromatic heterocycles. The lowest BCUT2D eigenvalue weighted by atomic mass is 10.2. The second kappa shape index (κ2) is 8.58. The zero-order valence-electron chi connectivity index (χ0n) is 12.7. The first-order chi connectivity index (χ1) is 10.8. The van der Waals surface area contributed by atoms with E-state index in [1.54, 1.807) is 0 Å². The highest BCUT2D eigenvalue weighted by Crippen LogP contribution is 2.08. The van der Waals surface area contributed by atoms with Gasteiger partial charge < -0.3 is 20.1 Å². The highest BCUT2D eigenvalue weighted by molar-refractivity contribution is 7.89. The molecule has 0 saturated heterocycles. The van der Waals surface area contributed by atoms with Crippen LogP contribution in [-0.4, -0.2) is 47.3 Å². The quantitative estimate of drug-likeness (QED) is 0.414. The third kappa shape index (κ3) is 6.32. The maximum absolute atomic E-state index is 11.6. The van der Waals surface area contributed by atoms with E-state index in [4.69, 9.17) is 14.6 Å². The molecule has 0 radical (unpaired) electrons. The van der Waals surface area contributed by atoms with Crippen LogP contribution in [0.5, 0.6) is 0 Å². The van der Waals surface area contributed by atoms with Crippen LogP contribution >= 0.6 is 0 Å². The topological polar surface area (TPSA) is 137 Å². The minimum Gasteiger partial charge on any atom is -0.354 e. The first-order valence-electron chi connectivity index (χ1n) is 6.51. The van der Waals surface area contributed by atoms with Gasteiger partial charge in [-0.3, -0.25) is 9.59 Å². The first-order valence-corrected chi connectivity index (χ1v) is 8.06. The van der Waals surface area contributed by atoms with Crippen LogP contribution in [0.2, 0.25) is 0 Å². The van der Waals surface area contributed by atoms with E-state index in [-0.39, 0.29) is 18.0 Å². The molecule has 10 heteroatoms. The molecular weight excluding hydrogens is 326 g/mol. The van der Waals surface area contributed by atoms with Crippen molar-refractivity contribution >= 4 is 21.8 Å². The number of hydrogen-bond acceptors (Lipinski definition) is 6. The monoisotopic (exact) mass is 345 g/mol. The normalized spacial score (nSPS) is 11.3. The van der Waals surface area contributed by atoms with Crippen LogP contribution in [0.1, 0.15) is 5.56 Å². The van der Waals surface area contributed by atoms with Gasteiger partial charge in [0.05, 0.1) is 11.4 Å². The van der Waals surface area contributed by atoms with Gasteiger partial charge in [0.1, 0.15) is 0 Å². The second-order valence-corrected chi connectivity index (χ2v) is 6.04. The number of carbonyl (C=O) groups is 2. The van der Waals surface area contributed by atoms with Crippen LogP contribution < -0.4 is 15.8 Å².